The Bertz CT molecular complexity index is 743. The molecule has 146 valence electrons. The van der Waals surface area contributed by atoms with Gasteiger partial charge in [-0.15, -0.1) is 0 Å². The van der Waals surface area contributed by atoms with E-state index in [1.165, 1.54) is 12.1 Å². The molecule has 27 heavy (non-hydrogen) atoms. The summed E-state index contributed by atoms with van der Waals surface area (Å²) in [6.45, 7) is 3.96. The largest absolute Gasteiger partial charge is 0.393 e. The molecule has 2 fully saturated rings. The molecule has 7 heteroatoms. The number of H-pyrrole nitrogens is 1. The van der Waals surface area contributed by atoms with Crippen LogP contribution in [0.1, 0.15) is 24.8 Å². The molecule has 3 heterocycles. The standard InChI is InChI=1S/C20H27FN4O2/c21-16-3-1-14(2-4-16)20-15(11-22-23-20)12-24-8-7-18(19(27)13-24)25-9-5-17(26)6-10-25/h1-4,11,17-19,26-27H,5-10,12-13H2,(H,22,23)/t18-,19-/m1/s1. The first-order valence-corrected chi connectivity index (χ1v) is 9.71. The third-order valence-electron chi connectivity index (χ3n) is 5.84. The van der Waals surface area contributed by atoms with E-state index in [1.54, 1.807) is 12.1 Å². The minimum Gasteiger partial charge on any atom is -0.393 e. The van der Waals surface area contributed by atoms with E-state index >= 15 is 0 Å². The highest BCUT2D eigenvalue weighted by Gasteiger charge is 2.34. The smallest absolute Gasteiger partial charge is 0.123 e. The fourth-order valence-electron chi connectivity index (χ4n) is 4.31. The van der Waals surface area contributed by atoms with Crippen LogP contribution in [0.5, 0.6) is 0 Å². The predicted octanol–water partition coefficient (Wildman–Crippen LogP) is 1.61. The molecule has 2 aromatic rings. The molecule has 2 saturated heterocycles. The summed E-state index contributed by atoms with van der Waals surface area (Å²) in [5, 5.41) is 27.6. The van der Waals surface area contributed by atoms with Crippen LogP contribution in [0.15, 0.2) is 30.5 Å². The van der Waals surface area contributed by atoms with E-state index in [0.717, 1.165) is 55.7 Å². The highest BCUT2D eigenvalue weighted by molar-refractivity contribution is 5.62. The number of hydrogen-bond donors (Lipinski definition) is 3. The van der Waals surface area contributed by atoms with Crippen LogP contribution in [0.3, 0.4) is 0 Å². The molecule has 2 atom stereocenters. The number of aliphatic hydroxyl groups is 2. The van der Waals surface area contributed by atoms with Crippen LogP contribution in [0.2, 0.25) is 0 Å². The lowest BCUT2D eigenvalue weighted by molar-refractivity contribution is -0.0355. The zero-order valence-corrected chi connectivity index (χ0v) is 15.4. The number of β-amino-alcohol motifs (C(OH)–C–C–N with tert-alkyl or cyclic N) is 1. The lowest BCUT2D eigenvalue weighted by atomic mass is 9.96. The molecule has 0 amide bonds. The zero-order valence-electron chi connectivity index (χ0n) is 15.4. The summed E-state index contributed by atoms with van der Waals surface area (Å²) in [5.41, 5.74) is 2.86. The highest BCUT2D eigenvalue weighted by Crippen LogP contribution is 2.26. The van der Waals surface area contributed by atoms with Crippen molar-refractivity contribution in [3.05, 3.63) is 41.8 Å². The van der Waals surface area contributed by atoms with Gasteiger partial charge in [-0.3, -0.25) is 14.9 Å². The second-order valence-electron chi connectivity index (χ2n) is 7.70. The molecule has 0 aliphatic carbocycles. The van der Waals surface area contributed by atoms with Gasteiger partial charge in [-0.05, 0) is 43.5 Å². The lowest BCUT2D eigenvalue weighted by Crippen LogP contribution is -2.55. The Morgan fingerprint density at radius 3 is 2.52 bits per heavy atom. The summed E-state index contributed by atoms with van der Waals surface area (Å²) in [6, 6.07) is 6.57. The van der Waals surface area contributed by atoms with Gasteiger partial charge < -0.3 is 10.2 Å². The fourth-order valence-corrected chi connectivity index (χ4v) is 4.31. The topological polar surface area (TPSA) is 75.6 Å². The van der Waals surface area contributed by atoms with E-state index < -0.39 is 6.10 Å². The van der Waals surface area contributed by atoms with Crippen molar-refractivity contribution >= 4 is 0 Å². The number of aromatic nitrogens is 2. The Hall–Kier alpha value is -1.80. The summed E-state index contributed by atoms with van der Waals surface area (Å²) in [4.78, 5) is 4.58. The normalized spacial score (nSPS) is 25.7. The fraction of sp³-hybridized carbons (Fsp3) is 0.550. The van der Waals surface area contributed by atoms with E-state index in [9.17, 15) is 14.6 Å². The molecule has 3 N–H and O–H groups in total. The highest BCUT2D eigenvalue weighted by atomic mass is 19.1. The first-order valence-electron chi connectivity index (χ1n) is 9.71. The summed E-state index contributed by atoms with van der Waals surface area (Å²) < 4.78 is 13.2. The Labute approximate surface area is 158 Å². The molecule has 0 spiro atoms. The number of piperidine rings is 2. The molecule has 4 rings (SSSR count). The average molecular weight is 374 g/mol. The van der Waals surface area contributed by atoms with Gasteiger partial charge in [0.2, 0.25) is 0 Å². The van der Waals surface area contributed by atoms with Crippen molar-refractivity contribution in [1.29, 1.82) is 0 Å². The van der Waals surface area contributed by atoms with Gasteiger partial charge in [0.15, 0.2) is 0 Å². The van der Waals surface area contributed by atoms with Crippen molar-refractivity contribution in [2.75, 3.05) is 26.2 Å². The summed E-state index contributed by atoms with van der Waals surface area (Å²) in [7, 11) is 0. The molecule has 2 aliphatic heterocycles. The molecule has 0 radical (unpaired) electrons. The quantitative estimate of drug-likeness (QED) is 0.758. The Kier molecular flexibility index (Phi) is 5.54. The Morgan fingerprint density at radius 1 is 1.07 bits per heavy atom. The van der Waals surface area contributed by atoms with Crippen LogP contribution < -0.4 is 0 Å². The van der Waals surface area contributed by atoms with Gasteiger partial charge in [-0.2, -0.15) is 5.10 Å². The van der Waals surface area contributed by atoms with Crippen molar-refractivity contribution in [2.24, 2.45) is 0 Å². The van der Waals surface area contributed by atoms with Gasteiger partial charge in [0, 0.05) is 49.9 Å². The van der Waals surface area contributed by atoms with Gasteiger partial charge in [-0.25, -0.2) is 4.39 Å². The molecule has 2 aliphatic rings. The van der Waals surface area contributed by atoms with E-state index in [2.05, 4.69) is 20.0 Å². The van der Waals surface area contributed by atoms with Gasteiger partial charge in [0.25, 0.3) is 0 Å². The second kappa shape index (κ2) is 8.06. The van der Waals surface area contributed by atoms with Crippen LogP contribution >= 0.6 is 0 Å². The molecule has 0 unspecified atom stereocenters. The van der Waals surface area contributed by atoms with Gasteiger partial charge in [-0.1, -0.05) is 0 Å². The number of halogens is 1. The molecule has 0 saturated carbocycles. The Balaban J connectivity index is 1.38. The number of rotatable bonds is 4. The maximum Gasteiger partial charge on any atom is 0.123 e. The lowest BCUT2D eigenvalue weighted by Gasteiger charge is -2.43. The van der Waals surface area contributed by atoms with Crippen molar-refractivity contribution in [2.45, 2.75) is 44.1 Å². The summed E-state index contributed by atoms with van der Waals surface area (Å²) in [6.07, 6.45) is 3.73. The van der Waals surface area contributed by atoms with Gasteiger partial charge >= 0.3 is 0 Å². The second-order valence-corrected chi connectivity index (χ2v) is 7.70. The van der Waals surface area contributed by atoms with E-state index in [4.69, 9.17) is 0 Å². The molecule has 0 bridgehead atoms. The number of likely N-dealkylation sites (tertiary alicyclic amines) is 2. The number of nitrogens with zero attached hydrogens (tertiary/aromatic N) is 3. The van der Waals surface area contributed by atoms with Crippen LogP contribution in [-0.4, -0.2) is 74.6 Å². The van der Waals surface area contributed by atoms with Crippen LogP contribution in [0, 0.1) is 5.82 Å². The monoisotopic (exact) mass is 374 g/mol. The van der Waals surface area contributed by atoms with E-state index in [1.807, 2.05) is 6.20 Å². The van der Waals surface area contributed by atoms with Gasteiger partial charge in [0.1, 0.15) is 5.82 Å². The first kappa shape index (κ1) is 18.6. The number of nitrogens with one attached hydrogen (secondary N) is 1. The third-order valence-corrected chi connectivity index (χ3v) is 5.84. The van der Waals surface area contributed by atoms with Gasteiger partial charge in [0.05, 0.1) is 24.1 Å². The number of hydrogen-bond acceptors (Lipinski definition) is 5. The van der Waals surface area contributed by atoms with Crippen molar-refractivity contribution in [1.82, 2.24) is 20.0 Å². The number of aliphatic hydroxyl groups excluding tert-OH is 2. The predicted molar refractivity (Wildman–Crippen MR) is 100 cm³/mol. The minimum absolute atomic E-state index is 0.176. The van der Waals surface area contributed by atoms with Crippen LogP contribution in [0.4, 0.5) is 4.39 Å². The average Bonchev–Trinajstić information content (AvgIpc) is 3.12. The molecule has 1 aromatic carbocycles. The van der Waals surface area contributed by atoms with E-state index in [0.29, 0.717) is 13.1 Å². The van der Waals surface area contributed by atoms with E-state index in [-0.39, 0.29) is 18.0 Å². The zero-order chi connectivity index (χ0) is 18.8. The number of aromatic amines is 1. The Morgan fingerprint density at radius 2 is 1.81 bits per heavy atom. The summed E-state index contributed by atoms with van der Waals surface area (Å²) >= 11 is 0. The van der Waals surface area contributed by atoms with Crippen molar-refractivity contribution in [3.8, 4) is 11.3 Å². The maximum absolute atomic E-state index is 13.2. The molecule has 1 aromatic heterocycles. The van der Waals surface area contributed by atoms with Crippen molar-refractivity contribution < 1.29 is 14.6 Å². The SMILES string of the molecule is OC1CCN([C@@H]2CCN(Cc3cn[nH]c3-c3ccc(F)cc3)C[C@H]2O)CC1. The maximum atomic E-state index is 13.2. The molecular weight excluding hydrogens is 347 g/mol. The molecule has 6 nitrogen and oxygen atoms in total. The molecular formula is C20H27FN4O2. The van der Waals surface area contributed by atoms with Crippen LogP contribution in [-0.2, 0) is 6.54 Å². The first-order chi connectivity index (χ1) is 13.1. The van der Waals surface area contributed by atoms with Crippen LogP contribution in [0.25, 0.3) is 11.3 Å². The summed E-state index contributed by atoms with van der Waals surface area (Å²) in [5.74, 6) is -0.254. The number of benzene rings is 1. The van der Waals surface area contributed by atoms with Crippen molar-refractivity contribution in [3.63, 3.8) is 0 Å². The third kappa shape index (κ3) is 4.21. The minimum atomic E-state index is -0.393.